The van der Waals surface area contributed by atoms with Crippen molar-refractivity contribution in [3.05, 3.63) is 69.4 Å². The minimum atomic E-state index is -0.246. The van der Waals surface area contributed by atoms with Crippen molar-refractivity contribution in [2.75, 3.05) is 0 Å². The first-order valence-corrected chi connectivity index (χ1v) is 16.1. The summed E-state index contributed by atoms with van der Waals surface area (Å²) in [4.78, 5) is 0. The topological polar surface area (TPSA) is 40.5 Å². The summed E-state index contributed by atoms with van der Waals surface area (Å²) in [6.45, 7) is 21.7. The molecule has 0 aromatic carbocycles. The second kappa shape index (κ2) is 16.4. The van der Waals surface area contributed by atoms with Gasteiger partial charge in [0.25, 0.3) is 0 Å². The first kappa shape index (κ1) is 35.7. The molecule has 1 unspecified atom stereocenters. The molecule has 2 heteroatoms. The molecule has 2 aliphatic rings. The summed E-state index contributed by atoms with van der Waals surface area (Å²) in [5.74, 6) is 14.1. The van der Waals surface area contributed by atoms with Crippen molar-refractivity contribution in [3.8, 4) is 23.7 Å². The van der Waals surface area contributed by atoms with Gasteiger partial charge in [0.05, 0.1) is 12.2 Å². The Hall–Kier alpha value is -2.52. The molecule has 2 nitrogen and oxygen atoms in total. The lowest BCUT2D eigenvalue weighted by Crippen LogP contribution is -2.28. The van der Waals surface area contributed by atoms with Crippen LogP contribution in [0.25, 0.3) is 0 Å². The van der Waals surface area contributed by atoms with E-state index in [1.54, 1.807) is 0 Å². The van der Waals surface area contributed by atoms with E-state index in [1.807, 2.05) is 0 Å². The average molecular weight is 571 g/mol. The van der Waals surface area contributed by atoms with Gasteiger partial charge in [-0.05, 0) is 98.0 Å². The van der Waals surface area contributed by atoms with Gasteiger partial charge >= 0.3 is 0 Å². The molecule has 2 N–H and O–H groups in total. The largest absolute Gasteiger partial charge is 0.393 e. The molecule has 0 amide bonds. The number of hydrogen-bond acceptors (Lipinski definition) is 2. The van der Waals surface area contributed by atoms with Gasteiger partial charge < -0.3 is 10.2 Å². The fourth-order valence-electron chi connectivity index (χ4n) is 6.43. The Bertz CT molecular complexity index is 1250. The smallest absolute Gasteiger partial charge is 0.0586 e. The number of hydrogen-bond donors (Lipinski definition) is 2. The standard InChI is InChI=1S/C40H58O2/c1-29(17-13-19-31(3)21-23-37-33(5)25-35(41)27-39(37,7)8)15-11-12-16-30(2)18-14-20-32(4)22-24-38-34(6)26-36(42)28-40(38,9)10/h11-12,15-16,19,32,35-36,41-42H,13-14,17-18,20,25-28H2,1-10H3/b12-11+,29-15+,30-16+,31-19+/t32?,35-,36-/m1/s1. The molecule has 230 valence electrons. The molecule has 0 radical (unpaired) electrons. The Morgan fingerprint density at radius 1 is 0.833 bits per heavy atom. The molecule has 42 heavy (non-hydrogen) atoms. The molecule has 2 rings (SSSR count). The van der Waals surface area contributed by atoms with Gasteiger partial charge in [0, 0.05) is 27.9 Å². The maximum atomic E-state index is 10.1. The first-order valence-electron chi connectivity index (χ1n) is 16.1. The Kier molecular flexibility index (Phi) is 13.9. The first-order chi connectivity index (χ1) is 19.6. The second-order valence-corrected chi connectivity index (χ2v) is 14.4. The predicted molar refractivity (Wildman–Crippen MR) is 182 cm³/mol. The van der Waals surface area contributed by atoms with Gasteiger partial charge in [-0.25, -0.2) is 0 Å². The summed E-state index contributed by atoms with van der Waals surface area (Å²) in [5, 5.41) is 20.2. The Morgan fingerprint density at radius 2 is 1.33 bits per heavy atom. The van der Waals surface area contributed by atoms with Gasteiger partial charge in [-0.15, -0.1) is 0 Å². The summed E-state index contributed by atoms with van der Waals surface area (Å²) in [5.41, 5.74) is 8.69. The third-order valence-electron chi connectivity index (χ3n) is 8.68. The second-order valence-electron chi connectivity index (χ2n) is 14.4. The van der Waals surface area contributed by atoms with Crippen molar-refractivity contribution >= 4 is 0 Å². The summed E-state index contributed by atoms with van der Waals surface area (Å²) in [7, 11) is 0. The van der Waals surface area contributed by atoms with E-state index in [0.29, 0.717) is 5.92 Å². The van der Waals surface area contributed by atoms with E-state index in [2.05, 4.69) is 123 Å². The zero-order chi connectivity index (χ0) is 31.5. The highest BCUT2D eigenvalue weighted by Gasteiger charge is 2.33. The molecule has 0 aliphatic heterocycles. The third-order valence-corrected chi connectivity index (χ3v) is 8.68. The average Bonchev–Trinajstić information content (AvgIpc) is 2.84. The van der Waals surface area contributed by atoms with Crippen molar-refractivity contribution in [3.63, 3.8) is 0 Å². The van der Waals surface area contributed by atoms with Crippen LogP contribution in [-0.2, 0) is 0 Å². The molecule has 0 spiro atoms. The van der Waals surface area contributed by atoms with Gasteiger partial charge in [0.1, 0.15) is 0 Å². The van der Waals surface area contributed by atoms with E-state index in [0.717, 1.165) is 63.4 Å². The quantitative estimate of drug-likeness (QED) is 0.214. The highest BCUT2D eigenvalue weighted by atomic mass is 16.3. The lowest BCUT2D eigenvalue weighted by atomic mass is 9.72. The molecule has 3 atom stereocenters. The van der Waals surface area contributed by atoms with Gasteiger partial charge in [-0.1, -0.05) is 111 Å². The van der Waals surface area contributed by atoms with E-state index in [4.69, 9.17) is 0 Å². The molecular weight excluding hydrogens is 512 g/mol. The molecule has 0 bridgehead atoms. The van der Waals surface area contributed by atoms with E-state index in [1.165, 1.54) is 33.4 Å². The van der Waals surface area contributed by atoms with Crippen molar-refractivity contribution in [2.45, 2.75) is 139 Å². The minimum Gasteiger partial charge on any atom is -0.393 e. The zero-order valence-electron chi connectivity index (χ0n) is 28.4. The highest BCUT2D eigenvalue weighted by Crippen LogP contribution is 2.40. The SMILES string of the molecule is CC1=C(C#C/C(C)=C/CC/C(C)=C/C=C/C=C(\C)CCCC(C)C#CC2=C(C)C[C@@H](O)CC2(C)C)C(C)(C)C[C@H](O)C1. The van der Waals surface area contributed by atoms with Crippen molar-refractivity contribution < 1.29 is 10.2 Å². The maximum absolute atomic E-state index is 10.1. The number of aliphatic hydroxyl groups is 2. The molecule has 0 saturated heterocycles. The number of rotatable bonds is 9. The zero-order valence-corrected chi connectivity index (χ0v) is 28.4. The van der Waals surface area contributed by atoms with Gasteiger partial charge in [0.15, 0.2) is 0 Å². The van der Waals surface area contributed by atoms with E-state index in [9.17, 15) is 10.2 Å². The van der Waals surface area contributed by atoms with Crippen LogP contribution in [0.3, 0.4) is 0 Å². The number of aliphatic hydroxyl groups excluding tert-OH is 2. The molecule has 0 heterocycles. The summed E-state index contributed by atoms with van der Waals surface area (Å²) in [6.07, 6.45) is 18.9. The predicted octanol–water partition coefficient (Wildman–Crippen LogP) is 9.97. The Labute approximate surface area is 258 Å². The lowest BCUT2D eigenvalue weighted by Gasteiger charge is -2.34. The van der Waals surface area contributed by atoms with Gasteiger partial charge in [0.2, 0.25) is 0 Å². The van der Waals surface area contributed by atoms with Gasteiger partial charge in [-0.2, -0.15) is 0 Å². The van der Waals surface area contributed by atoms with Gasteiger partial charge in [-0.3, -0.25) is 0 Å². The summed E-state index contributed by atoms with van der Waals surface area (Å²) in [6, 6.07) is 0. The molecule has 0 aromatic heterocycles. The third kappa shape index (κ3) is 12.0. The fourth-order valence-corrected chi connectivity index (χ4v) is 6.43. The van der Waals surface area contributed by atoms with Crippen LogP contribution in [0.15, 0.2) is 69.4 Å². The fraction of sp³-hybridized carbons (Fsp3) is 0.600. The minimum absolute atomic E-state index is 0.0346. The van der Waals surface area contributed by atoms with Crippen LogP contribution < -0.4 is 0 Å². The number of allylic oxidation sites excluding steroid dienone is 10. The van der Waals surface area contributed by atoms with Crippen LogP contribution in [-0.4, -0.2) is 22.4 Å². The lowest BCUT2D eigenvalue weighted by molar-refractivity contribution is 0.116. The van der Waals surface area contributed by atoms with E-state index in [-0.39, 0.29) is 23.0 Å². The van der Waals surface area contributed by atoms with E-state index >= 15 is 0 Å². The molecule has 0 saturated carbocycles. The van der Waals surface area contributed by atoms with E-state index < -0.39 is 0 Å². The molecule has 0 aromatic rings. The van der Waals surface area contributed by atoms with Crippen LogP contribution in [0.2, 0.25) is 0 Å². The Balaban J connectivity index is 1.77. The van der Waals surface area contributed by atoms with Crippen LogP contribution in [0.1, 0.15) is 127 Å². The molecule has 2 aliphatic carbocycles. The summed E-state index contributed by atoms with van der Waals surface area (Å²) >= 11 is 0. The molecular formula is C40H58O2. The Morgan fingerprint density at radius 3 is 1.86 bits per heavy atom. The van der Waals surface area contributed by atoms with Crippen molar-refractivity contribution in [2.24, 2.45) is 16.7 Å². The van der Waals surface area contributed by atoms with Crippen molar-refractivity contribution in [1.29, 1.82) is 0 Å². The van der Waals surface area contributed by atoms with Crippen LogP contribution >= 0.6 is 0 Å². The monoisotopic (exact) mass is 570 g/mol. The van der Waals surface area contributed by atoms with Crippen molar-refractivity contribution in [1.82, 2.24) is 0 Å². The van der Waals surface area contributed by atoms with Crippen LogP contribution in [0.4, 0.5) is 0 Å². The van der Waals surface area contributed by atoms with Crippen LogP contribution in [0.5, 0.6) is 0 Å². The normalized spacial score (nSPS) is 23.9. The molecule has 0 fully saturated rings. The van der Waals surface area contributed by atoms with Crippen LogP contribution in [0, 0.1) is 40.4 Å². The summed E-state index contributed by atoms with van der Waals surface area (Å²) < 4.78 is 0. The highest BCUT2D eigenvalue weighted by molar-refractivity contribution is 5.44. The maximum Gasteiger partial charge on any atom is 0.0586 e.